The van der Waals surface area contributed by atoms with E-state index in [2.05, 4.69) is 24.1 Å². The predicted octanol–water partition coefficient (Wildman–Crippen LogP) is 2.48. The van der Waals surface area contributed by atoms with Gasteiger partial charge in [-0.2, -0.15) is 4.31 Å². The quantitative estimate of drug-likeness (QED) is 0.663. The fourth-order valence-electron chi connectivity index (χ4n) is 4.28. The summed E-state index contributed by atoms with van der Waals surface area (Å²) in [6, 6.07) is 6.30. The van der Waals surface area contributed by atoms with Crippen molar-refractivity contribution in [3.05, 3.63) is 29.8 Å². The Morgan fingerprint density at radius 1 is 1.03 bits per heavy atom. The van der Waals surface area contributed by atoms with Gasteiger partial charge in [-0.25, -0.2) is 8.42 Å². The van der Waals surface area contributed by atoms with Gasteiger partial charge in [0.05, 0.1) is 17.1 Å². The van der Waals surface area contributed by atoms with Crippen molar-refractivity contribution in [1.29, 1.82) is 0 Å². The molecule has 2 heterocycles. The number of carbonyl (C=O) groups excluding carboxylic acids is 1. The van der Waals surface area contributed by atoms with E-state index < -0.39 is 10.0 Å². The Balaban J connectivity index is 1.47. The topological polar surface area (TPSA) is 79.0 Å². The molecule has 3 rings (SSSR count). The lowest BCUT2D eigenvalue weighted by molar-refractivity contribution is -0.0680. The largest absolute Gasteiger partial charge is 0.373 e. The summed E-state index contributed by atoms with van der Waals surface area (Å²) in [5.74, 6) is -0.169. The minimum Gasteiger partial charge on any atom is -0.373 e. The average molecular weight is 438 g/mol. The molecular formula is C22H35N3O4S. The minimum atomic E-state index is -3.48. The second-order valence-electron chi connectivity index (χ2n) is 8.47. The summed E-state index contributed by atoms with van der Waals surface area (Å²) in [7, 11) is -3.48. The monoisotopic (exact) mass is 437 g/mol. The molecule has 1 amide bonds. The number of amides is 1. The summed E-state index contributed by atoms with van der Waals surface area (Å²) in [4.78, 5) is 15.0. The normalized spacial score (nSPS) is 24.3. The van der Waals surface area contributed by atoms with Crippen molar-refractivity contribution in [1.82, 2.24) is 14.5 Å². The van der Waals surface area contributed by atoms with Crippen LogP contribution in [0.25, 0.3) is 0 Å². The molecule has 0 radical (unpaired) electrons. The fourth-order valence-corrected chi connectivity index (χ4v) is 5.80. The molecule has 7 nitrogen and oxygen atoms in total. The third kappa shape index (κ3) is 6.26. The first-order chi connectivity index (χ1) is 14.4. The molecule has 2 saturated heterocycles. The van der Waals surface area contributed by atoms with E-state index in [1.165, 1.54) is 0 Å². The van der Waals surface area contributed by atoms with Crippen LogP contribution >= 0.6 is 0 Å². The molecule has 0 aliphatic carbocycles. The molecule has 2 fully saturated rings. The predicted molar refractivity (Wildman–Crippen MR) is 117 cm³/mol. The second kappa shape index (κ2) is 10.7. The van der Waals surface area contributed by atoms with Gasteiger partial charge >= 0.3 is 0 Å². The van der Waals surface area contributed by atoms with Crippen molar-refractivity contribution in [3.63, 3.8) is 0 Å². The summed E-state index contributed by atoms with van der Waals surface area (Å²) in [5.41, 5.74) is 0.485. The Labute approximate surface area is 180 Å². The van der Waals surface area contributed by atoms with E-state index in [1.807, 2.05) is 0 Å². The number of hydrogen-bond acceptors (Lipinski definition) is 5. The maximum atomic E-state index is 12.8. The third-order valence-corrected chi connectivity index (χ3v) is 7.66. The van der Waals surface area contributed by atoms with Gasteiger partial charge in [0, 0.05) is 44.8 Å². The number of sulfonamides is 1. The molecule has 0 aromatic heterocycles. The van der Waals surface area contributed by atoms with E-state index in [0.717, 1.165) is 51.7 Å². The lowest BCUT2D eigenvalue weighted by Crippen LogP contribution is -2.46. The van der Waals surface area contributed by atoms with E-state index in [9.17, 15) is 13.2 Å². The Morgan fingerprint density at radius 3 is 2.23 bits per heavy atom. The van der Waals surface area contributed by atoms with Gasteiger partial charge in [-0.1, -0.05) is 12.8 Å². The molecular weight excluding hydrogens is 402 g/mol. The first-order valence-electron chi connectivity index (χ1n) is 11.1. The molecule has 0 saturated carbocycles. The van der Waals surface area contributed by atoms with Crippen molar-refractivity contribution in [3.8, 4) is 0 Å². The standard InChI is InChI=1S/C22H35N3O4S/c1-18-16-24(17-19(2)29-18)13-7-12-23-22(26)20-8-10-21(11-9-20)30(27,28)25-14-5-3-4-6-15-25/h8-11,18-19H,3-7,12-17H2,1-2H3,(H,23,26). The Kier molecular flexibility index (Phi) is 8.27. The molecule has 2 aliphatic rings. The van der Waals surface area contributed by atoms with Gasteiger partial charge in [0.25, 0.3) is 5.91 Å². The lowest BCUT2D eigenvalue weighted by Gasteiger charge is -2.35. The Hall–Kier alpha value is -1.48. The van der Waals surface area contributed by atoms with Crippen LogP contribution in [0.4, 0.5) is 0 Å². The van der Waals surface area contributed by atoms with Crippen LogP contribution in [-0.4, -0.2) is 75.0 Å². The SMILES string of the molecule is CC1CN(CCCNC(=O)c2ccc(S(=O)(=O)N3CCCCCC3)cc2)CC(C)O1. The summed E-state index contributed by atoms with van der Waals surface area (Å²) < 4.78 is 33.0. The van der Waals surface area contributed by atoms with Crippen LogP contribution in [-0.2, 0) is 14.8 Å². The van der Waals surface area contributed by atoms with Gasteiger partial charge < -0.3 is 10.1 Å². The number of carbonyl (C=O) groups is 1. The maximum absolute atomic E-state index is 12.8. The summed E-state index contributed by atoms with van der Waals surface area (Å²) in [6.07, 6.45) is 5.32. The van der Waals surface area contributed by atoms with E-state index in [0.29, 0.717) is 25.2 Å². The zero-order chi connectivity index (χ0) is 21.6. The Morgan fingerprint density at radius 2 is 1.63 bits per heavy atom. The van der Waals surface area contributed by atoms with E-state index in [-0.39, 0.29) is 23.0 Å². The van der Waals surface area contributed by atoms with Gasteiger partial charge in [0.15, 0.2) is 0 Å². The zero-order valence-corrected chi connectivity index (χ0v) is 19.0. The van der Waals surface area contributed by atoms with E-state index in [4.69, 9.17) is 4.74 Å². The van der Waals surface area contributed by atoms with Gasteiger partial charge in [0.1, 0.15) is 0 Å². The molecule has 2 unspecified atom stereocenters. The van der Waals surface area contributed by atoms with Crippen molar-refractivity contribution in [2.45, 2.75) is 63.1 Å². The highest BCUT2D eigenvalue weighted by atomic mass is 32.2. The minimum absolute atomic E-state index is 0.169. The first kappa shape index (κ1) is 23.2. The molecule has 1 aromatic rings. The molecule has 8 heteroatoms. The van der Waals surface area contributed by atoms with Gasteiger partial charge in [-0.15, -0.1) is 0 Å². The van der Waals surface area contributed by atoms with Crippen LogP contribution in [0, 0.1) is 0 Å². The third-order valence-electron chi connectivity index (χ3n) is 5.75. The number of nitrogens with one attached hydrogen (secondary N) is 1. The highest BCUT2D eigenvalue weighted by Crippen LogP contribution is 2.20. The van der Waals surface area contributed by atoms with Gasteiger partial charge in [0.2, 0.25) is 10.0 Å². The van der Waals surface area contributed by atoms with E-state index >= 15 is 0 Å². The van der Waals surface area contributed by atoms with Crippen molar-refractivity contribution < 1.29 is 17.9 Å². The smallest absolute Gasteiger partial charge is 0.251 e. The molecule has 2 aliphatic heterocycles. The number of rotatable bonds is 7. The van der Waals surface area contributed by atoms with Crippen LogP contribution in [0.15, 0.2) is 29.2 Å². The number of hydrogen-bond donors (Lipinski definition) is 1. The maximum Gasteiger partial charge on any atom is 0.251 e. The number of ether oxygens (including phenoxy) is 1. The fraction of sp³-hybridized carbons (Fsp3) is 0.682. The van der Waals surface area contributed by atoms with Crippen LogP contribution in [0.5, 0.6) is 0 Å². The highest BCUT2D eigenvalue weighted by molar-refractivity contribution is 7.89. The van der Waals surface area contributed by atoms with Crippen LogP contribution in [0.1, 0.15) is 56.3 Å². The molecule has 0 spiro atoms. The summed E-state index contributed by atoms with van der Waals surface area (Å²) >= 11 is 0. The summed E-state index contributed by atoms with van der Waals surface area (Å²) in [6.45, 7) is 8.67. The molecule has 1 N–H and O–H groups in total. The molecule has 2 atom stereocenters. The molecule has 30 heavy (non-hydrogen) atoms. The van der Waals surface area contributed by atoms with Crippen LogP contribution in [0.2, 0.25) is 0 Å². The summed E-state index contributed by atoms with van der Waals surface area (Å²) in [5, 5.41) is 2.93. The number of morpholine rings is 1. The molecule has 168 valence electrons. The van der Waals surface area contributed by atoms with Crippen molar-refractivity contribution in [2.75, 3.05) is 39.3 Å². The molecule has 0 bridgehead atoms. The highest BCUT2D eigenvalue weighted by Gasteiger charge is 2.25. The Bertz CT molecular complexity index is 779. The zero-order valence-electron chi connectivity index (χ0n) is 18.2. The van der Waals surface area contributed by atoms with Crippen molar-refractivity contribution >= 4 is 15.9 Å². The molecule has 1 aromatic carbocycles. The number of benzene rings is 1. The first-order valence-corrected chi connectivity index (χ1v) is 12.6. The van der Waals surface area contributed by atoms with Crippen LogP contribution < -0.4 is 5.32 Å². The van der Waals surface area contributed by atoms with Gasteiger partial charge in [-0.3, -0.25) is 9.69 Å². The van der Waals surface area contributed by atoms with Crippen molar-refractivity contribution in [2.24, 2.45) is 0 Å². The average Bonchev–Trinajstić information content (AvgIpc) is 3.01. The lowest BCUT2D eigenvalue weighted by atomic mass is 10.2. The number of nitrogens with zero attached hydrogens (tertiary/aromatic N) is 2. The van der Waals surface area contributed by atoms with Crippen LogP contribution in [0.3, 0.4) is 0 Å². The van der Waals surface area contributed by atoms with Gasteiger partial charge in [-0.05, 0) is 57.4 Å². The van der Waals surface area contributed by atoms with E-state index in [1.54, 1.807) is 28.6 Å². The second-order valence-corrected chi connectivity index (χ2v) is 10.4.